The molecule has 0 spiro atoms. The van der Waals surface area contributed by atoms with Gasteiger partial charge in [0.05, 0.1) is 24.2 Å². The maximum absolute atomic E-state index is 13.7. The van der Waals surface area contributed by atoms with Gasteiger partial charge in [0, 0.05) is 18.1 Å². The van der Waals surface area contributed by atoms with Gasteiger partial charge in [-0.3, -0.25) is 4.79 Å². The first-order valence-electron chi connectivity index (χ1n) is 5.62. The van der Waals surface area contributed by atoms with Crippen LogP contribution in [0.1, 0.15) is 16.8 Å². The molecule has 2 rings (SSSR count). The van der Waals surface area contributed by atoms with Gasteiger partial charge in [0.15, 0.2) is 15.6 Å². The fourth-order valence-electron chi connectivity index (χ4n) is 2.11. The molecule has 1 aromatic carbocycles. The standard InChI is InChI=1S/C12H12F2O4S/c1-18-8-4-9(13)11(10(14)5-8)12(15)7-2-3-19(16,17)6-7/h4-5,7H,2-3,6H2,1H3. The van der Waals surface area contributed by atoms with E-state index in [1.54, 1.807) is 0 Å². The quantitative estimate of drug-likeness (QED) is 0.793. The van der Waals surface area contributed by atoms with E-state index in [1.165, 1.54) is 7.11 Å². The molecule has 1 aliphatic rings. The molecule has 19 heavy (non-hydrogen) atoms. The molecule has 0 radical (unpaired) electrons. The third-order valence-corrected chi connectivity index (χ3v) is 4.87. The fraction of sp³-hybridized carbons (Fsp3) is 0.417. The van der Waals surface area contributed by atoms with E-state index >= 15 is 0 Å². The van der Waals surface area contributed by atoms with E-state index in [0.29, 0.717) is 0 Å². The van der Waals surface area contributed by atoms with Crippen molar-refractivity contribution in [2.75, 3.05) is 18.6 Å². The summed E-state index contributed by atoms with van der Waals surface area (Å²) < 4.78 is 54.7. The largest absolute Gasteiger partial charge is 0.497 e. The van der Waals surface area contributed by atoms with E-state index in [1.807, 2.05) is 0 Å². The molecule has 1 unspecified atom stereocenters. The van der Waals surface area contributed by atoms with Crippen LogP contribution in [0.2, 0.25) is 0 Å². The second-order valence-electron chi connectivity index (χ2n) is 4.43. The van der Waals surface area contributed by atoms with Gasteiger partial charge >= 0.3 is 0 Å². The Balaban J connectivity index is 2.35. The number of sulfone groups is 1. The van der Waals surface area contributed by atoms with Crippen LogP contribution in [0.25, 0.3) is 0 Å². The molecule has 1 atom stereocenters. The van der Waals surface area contributed by atoms with Crippen LogP contribution in [0.4, 0.5) is 8.78 Å². The predicted octanol–water partition coefficient (Wildman–Crippen LogP) is 1.59. The zero-order chi connectivity index (χ0) is 14.2. The molecule has 1 heterocycles. The molecular weight excluding hydrogens is 278 g/mol. The van der Waals surface area contributed by atoms with Crippen LogP contribution < -0.4 is 4.74 Å². The summed E-state index contributed by atoms with van der Waals surface area (Å²) in [5.41, 5.74) is -0.692. The van der Waals surface area contributed by atoms with Crippen LogP contribution in [0, 0.1) is 17.6 Å². The topological polar surface area (TPSA) is 60.4 Å². The zero-order valence-corrected chi connectivity index (χ0v) is 11.0. The summed E-state index contributed by atoms with van der Waals surface area (Å²) in [5.74, 6) is -4.26. The van der Waals surface area contributed by atoms with Gasteiger partial charge in [-0.05, 0) is 6.42 Å². The van der Waals surface area contributed by atoms with Gasteiger partial charge in [-0.15, -0.1) is 0 Å². The summed E-state index contributed by atoms with van der Waals surface area (Å²) in [4.78, 5) is 12.0. The average Bonchev–Trinajstić information content (AvgIpc) is 2.68. The molecule has 0 amide bonds. The lowest BCUT2D eigenvalue weighted by Crippen LogP contribution is -2.19. The number of hydrogen-bond donors (Lipinski definition) is 0. The number of ether oxygens (including phenoxy) is 1. The number of ketones is 1. The Kier molecular flexibility index (Phi) is 3.58. The molecular formula is C12H12F2O4S. The second-order valence-corrected chi connectivity index (χ2v) is 6.66. The van der Waals surface area contributed by atoms with Gasteiger partial charge in [0.1, 0.15) is 17.4 Å². The molecule has 0 aromatic heterocycles. The van der Waals surface area contributed by atoms with E-state index in [9.17, 15) is 22.0 Å². The molecule has 0 bridgehead atoms. The van der Waals surface area contributed by atoms with E-state index in [2.05, 4.69) is 4.74 Å². The smallest absolute Gasteiger partial charge is 0.172 e. The van der Waals surface area contributed by atoms with Gasteiger partial charge in [0.2, 0.25) is 0 Å². The summed E-state index contributed by atoms with van der Waals surface area (Å²) in [6.45, 7) is 0. The Morgan fingerprint density at radius 2 is 1.89 bits per heavy atom. The minimum absolute atomic E-state index is 0.0365. The summed E-state index contributed by atoms with van der Waals surface area (Å²) in [5, 5.41) is 0. The summed E-state index contributed by atoms with van der Waals surface area (Å²) >= 11 is 0. The fourth-order valence-corrected chi connectivity index (χ4v) is 3.85. The highest BCUT2D eigenvalue weighted by Gasteiger charge is 2.35. The number of methoxy groups -OCH3 is 1. The molecule has 1 saturated heterocycles. The van der Waals surface area contributed by atoms with Crippen LogP contribution in [0.3, 0.4) is 0 Å². The SMILES string of the molecule is COc1cc(F)c(C(=O)C2CCS(=O)(=O)C2)c(F)c1. The van der Waals surface area contributed by atoms with Crippen LogP contribution in [0.5, 0.6) is 5.75 Å². The lowest BCUT2D eigenvalue weighted by molar-refractivity contribution is 0.0924. The number of benzene rings is 1. The van der Waals surface area contributed by atoms with E-state index in [4.69, 9.17) is 0 Å². The van der Waals surface area contributed by atoms with Crippen molar-refractivity contribution >= 4 is 15.6 Å². The van der Waals surface area contributed by atoms with Crippen molar-refractivity contribution in [1.29, 1.82) is 0 Å². The molecule has 0 saturated carbocycles. The number of Topliss-reactive ketones (excluding diaryl/α,β-unsaturated/α-hetero) is 1. The van der Waals surface area contributed by atoms with Crippen LogP contribution >= 0.6 is 0 Å². The second kappa shape index (κ2) is 4.88. The van der Waals surface area contributed by atoms with Crippen molar-refractivity contribution in [2.45, 2.75) is 6.42 Å². The lowest BCUT2D eigenvalue weighted by atomic mass is 9.96. The number of halogens is 2. The van der Waals surface area contributed by atoms with Crippen molar-refractivity contribution in [2.24, 2.45) is 5.92 Å². The third kappa shape index (κ3) is 2.75. The normalized spacial score (nSPS) is 21.3. The van der Waals surface area contributed by atoms with Crippen molar-refractivity contribution < 1.29 is 26.7 Å². The Labute approximate surface area is 109 Å². The van der Waals surface area contributed by atoms with E-state index in [-0.39, 0.29) is 23.7 Å². The van der Waals surface area contributed by atoms with Gasteiger partial charge < -0.3 is 4.74 Å². The Hall–Kier alpha value is -1.50. The maximum Gasteiger partial charge on any atom is 0.172 e. The molecule has 1 aromatic rings. The van der Waals surface area contributed by atoms with Gasteiger partial charge in [-0.1, -0.05) is 0 Å². The first-order chi connectivity index (χ1) is 8.84. The van der Waals surface area contributed by atoms with Gasteiger partial charge in [-0.2, -0.15) is 0 Å². The minimum atomic E-state index is -3.28. The number of carbonyl (C=O) groups is 1. The number of carbonyl (C=O) groups excluding carboxylic acids is 1. The molecule has 0 aliphatic carbocycles. The summed E-state index contributed by atoms with van der Waals surface area (Å²) in [7, 11) is -2.03. The Morgan fingerprint density at radius 1 is 1.32 bits per heavy atom. The zero-order valence-electron chi connectivity index (χ0n) is 10.2. The highest BCUT2D eigenvalue weighted by Crippen LogP contribution is 2.27. The van der Waals surface area contributed by atoms with Gasteiger partial charge in [-0.25, -0.2) is 17.2 Å². The lowest BCUT2D eigenvalue weighted by Gasteiger charge is -2.10. The van der Waals surface area contributed by atoms with Crippen LogP contribution in [-0.2, 0) is 9.84 Å². The van der Waals surface area contributed by atoms with Crippen molar-refractivity contribution in [3.05, 3.63) is 29.3 Å². The third-order valence-electron chi connectivity index (χ3n) is 3.10. The molecule has 4 nitrogen and oxygen atoms in total. The van der Waals surface area contributed by atoms with Crippen LogP contribution in [0.15, 0.2) is 12.1 Å². The Bertz CT molecular complexity index is 602. The monoisotopic (exact) mass is 290 g/mol. The van der Waals surface area contributed by atoms with Crippen molar-refractivity contribution in [1.82, 2.24) is 0 Å². The van der Waals surface area contributed by atoms with Crippen molar-refractivity contribution in [3.63, 3.8) is 0 Å². The van der Waals surface area contributed by atoms with E-state index in [0.717, 1.165) is 12.1 Å². The Morgan fingerprint density at radius 3 is 2.32 bits per heavy atom. The van der Waals surface area contributed by atoms with Crippen LogP contribution in [-0.4, -0.2) is 32.8 Å². The average molecular weight is 290 g/mol. The first kappa shape index (κ1) is 13.9. The summed E-state index contributed by atoms with van der Waals surface area (Å²) in [6.07, 6.45) is 0.103. The molecule has 104 valence electrons. The van der Waals surface area contributed by atoms with E-state index < -0.39 is 38.7 Å². The highest BCUT2D eigenvalue weighted by atomic mass is 32.2. The number of hydrogen-bond acceptors (Lipinski definition) is 4. The highest BCUT2D eigenvalue weighted by molar-refractivity contribution is 7.91. The number of rotatable bonds is 3. The maximum atomic E-state index is 13.7. The molecule has 0 N–H and O–H groups in total. The molecule has 7 heteroatoms. The van der Waals surface area contributed by atoms with Crippen molar-refractivity contribution in [3.8, 4) is 5.75 Å². The molecule has 1 fully saturated rings. The van der Waals surface area contributed by atoms with Gasteiger partial charge in [0.25, 0.3) is 0 Å². The minimum Gasteiger partial charge on any atom is -0.497 e. The first-order valence-corrected chi connectivity index (χ1v) is 7.44. The summed E-state index contributed by atoms with van der Waals surface area (Å²) in [6, 6.07) is 1.81. The predicted molar refractivity (Wildman–Crippen MR) is 64.0 cm³/mol. The molecule has 1 aliphatic heterocycles.